The fourth-order valence-corrected chi connectivity index (χ4v) is 9.21. The van der Waals surface area contributed by atoms with Crippen LogP contribution in [0.3, 0.4) is 0 Å². The lowest BCUT2D eigenvalue weighted by atomic mass is 9.43. The number of rotatable bonds is 9. The lowest BCUT2D eigenvalue weighted by molar-refractivity contribution is -0.199. The van der Waals surface area contributed by atoms with Crippen molar-refractivity contribution in [3.05, 3.63) is 83.4 Å². The molecule has 4 fully saturated rings. The molecule has 3 saturated carbocycles. The smallest absolute Gasteiger partial charge is 0.404 e. The summed E-state index contributed by atoms with van der Waals surface area (Å²) in [7, 11) is -0.515. The van der Waals surface area contributed by atoms with Gasteiger partial charge in [0.1, 0.15) is 6.04 Å². The Labute approximate surface area is 274 Å². The molecule has 0 spiro atoms. The first kappa shape index (κ1) is 31.4. The van der Waals surface area contributed by atoms with Crippen molar-refractivity contribution in [3.63, 3.8) is 0 Å². The van der Waals surface area contributed by atoms with Gasteiger partial charge in [0.25, 0.3) is 0 Å². The van der Waals surface area contributed by atoms with Crippen LogP contribution in [0.4, 0.5) is 0 Å². The molecule has 1 saturated heterocycles. The van der Waals surface area contributed by atoms with Gasteiger partial charge in [-0.15, -0.1) is 0 Å². The van der Waals surface area contributed by atoms with Gasteiger partial charge in [-0.25, -0.2) is 0 Å². The SMILES string of the molecule is CC(C)C[C@H](NC(=O)[C@H](Cc1ccc2ccccc2c1)NC(=O)[C@H]1CCCc2ccccc21)B1OC2C[C@@H]3C[C@@H](C3(C)C)[C@]2(C)O1. The molecule has 2 N–H and O–H groups in total. The Bertz CT molecular complexity index is 1620. The highest BCUT2D eigenvalue weighted by molar-refractivity contribution is 6.48. The molecule has 6 nitrogen and oxygen atoms in total. The molecule has 1 heterocycles. The van der Waals surface area contributed by atoms with Crippen LogP contribution >= 0.6 is 0 Å². The third kappa shape index (κ3) is 5.68. The summed E-state index contributed by atoms with van der Waals surface area (Å²) < 4.78 is 13.5. The fourth-order valence-electron chi connectivity index (χ4n) is 9.21. The maximum atomic E-state index is 14.4. The summed E-state index contributed by atoms with van der Waals surface area (Å²) in [6.45, 7) is 11.3. The molecule has 1 aliphatic heterocycles. The topological polar surface area (TPSA) is 76.7 Å². The number of carbonyl (C=O) groups is 2. The standard InChI is InChI=1S/C39H49BN2O4/c1-24(2)19-35(40-45-34-23-29-22-33(38(29,3)4)39(34,5)46-40)42-37(44)32(21-25-17-18-26-11-6-7-13-28(26)20-25)41-36(43)31-16-10-14-27-12-8-9-15-30(27)31/h6-9,11-13,15,17-18,20,24,29,31-35H,10,14,16,19,21-23H2,1-5H3,(H,41,43)(H,42,44)/t29-,31-,32-,33-,34?,35-,39-/m0/s1. The third-order valence-electron chi connectivity index (χ3n) is 11.9. The Balaban J connectivity index is 1.14. The number of amides is 2. The first-order chi connectivity index (χ1) is 22.0. The molecule has 3 aromatic carbocycles. The number of benzene rings is 3. The number of nitrogens with one attached hydrogen (secondary N) is 2. The molecule has 2 bridgehead atoms. The van der Waals surface area contributed by atoms with E-state index >= 15 is 0 Å². The highest BCUT2D eigenvalue weighted by atomic mass is 16.7. The van der Waals surface area contributed by atoms with Gasteiger partial charge in [-0.2, -0.15) is 0 Å². The number of hydrogen-bond donors (Lipinski definition) is 2. The minimum Gasteiger partial charge on any atom is -0.404 e. The van der Waals surface area contributed by atoms with E-state index in [-0.39, 0.29) is 40.8 Å². The molecule has 0 aromatic heterocycles. The lowest BCUT2D eigenvalue weighted by Gasteiger charge is -2.64. The fraction of sp³-hybridized carbons (Fsp3) is 0.538. The van der Waals surface area contributed by atoms with Crippen molar-refractivity contribution in [2.24, 2.45) is 23.2 Å². The van der Waals surface area contributed by atoms with Crippen LogP contribution in [0.15, 0.2) is 66.7 Å². The Morgan fingerprint density at radius 1 is 0.957 bits per heavy atom. The van der Waals surface area contributed by atoms with Gasteiger partial charge in [0, 0.05) is 6.42 Å². The van der Waals surface area contributed by atoms with E-state index in [1.165, 1.54) is 12.0 Å². The van der Waals surface area contributed by atoms with Crippen molar-refractivity contribution in [2.75, 3.05) is 0 Å². The molecule has 0 radical (unpaired) electrons. The molecule has 46 heavy (non-hydrogen) atoms. The second-order valence-electron chi connectivity index (χ2n) is 15.7. The van der Waals surface area contributed by atoms with Crippen LogP contribution in [-0.2, 0) is 31.7 Å². The Morgan fingerprint density at radius 3 is 2.50 bits per heavy atom. The minimum atomic E-state index is -0.733. The first-order valence-corrected chi connectivity index (χ1v) is 17.5. The van der Waals surface area contributed by atoms with Crippen LogP contribution in [-0.4, -0.2) is 42.6 Å². The summed E-state index contributed by atoms with van der Waals surface area (Å²) in [6.07, 6.45) is 6.08. The Morgan fingerprint density at radius 2 is 1.72 bits per heavy atom. The quantitative estimate of drug-likeness (QED) is 0.259. The highest BCUT2D eigenvalue weighted by Crippen LogP contribution is 2.65. The molecule has 4 aliphatic carbocycles. The molecule has 5 aliphatic rings. The van der Waals surface area contributed by atoms with Crippen molar-refractivity contribution in [3.8, 4) is 0 Å². The van der Waals surface area contributed by atoms with Gasteiger partial charge in [-0.3, -0.25) is 9.59 Å². The van der Waals surface area contributed by atoms with E-state index in [1.807, 2.05) is 24.3 Å². The molecule has 3 aromatic rings. The predicted molar refractivity (Wildman–Crippen MR) is 183 cm³/mol. The van der Waals surface area contributed by atoms with Crippen molar-refractivity contribution in [1.82, 2.24) is 10.6 Å². The van der Waals surface area contributed by atoms with Crippen LogP contribution in [0.5, 0.6) is 0 Å². The van der Waals surface area contributed by atoms with E-state index in [4.69, 9.17) is 9.31 Å². The van der Waals surface area contributed by atoms with Gasteiger partial charge in [0.15, 0.2) is 0 Å². The predicted octanol–water partition coefficient (Wildman–Crippen LogP) is 6.79. The van der Waals surface area contributed by atoms with Gasteiger partial charge in [-0.1, -0.05) is 94.4 Å². The summed E-state index contributed by atoms with van der Waals surface area (Å²) >= 11 is 0. The molecule has 242 valence electrons. The zero-order valence-electron chi connectivity index (χ0n) is 28.1. The van der Waals surface area contributed by atoms with Crippen molar-refractivity contribution < 1.29 is 18.9 Å². The first-order valence-electron chi connectivity index (χ1n) is 17.5. The second kappa shape index (κ2) is 12.1. The number of fused-ring (bicyclic) bond motifs is 2. The van der Waals surface area contributed by atoms with Crippen LogP contribution in [0, 0.1) is 23.2 Å². The van der Waals surface area contributed by atoms with E-state index in [0.29, 0.717) is 24.2 Å². The summed E-state index contributed by atoms with van der Waals surface area (Å²) in [5.41, 5.74) is 3.22. The van der Waals surface area contributed by atoms with Gasteiger partial charge < -0.3 is 19.9 Å². The van der Waals surface area contributed by atoms with Crippen LogP contribution in [0.2, 0.25) is 0 Å². The van der Waals surface area contributed by atoms with Crippen molar-refractivity contribution in [1.29, 1.82) is 0 Å². The van der Waals surface area contributed by atoms with Gasteiger partial charge in [-0.05, 0) is 96.1 Å². The van der Waals surface area contributed by atoms with Crippen LogP contribution in [0.25, 0.3) is 10.8 Å². The largest absolute Gasteiger partial charge is 0.481 e. The zero-order valence-corrected chi connectivity index (χ0v) is 28.1. The van der Waals surface area contributed by atoms with Gasteiger partial charge in [0.05, 0.1) is 23.6 Å². The van der Waals surface area contributed by atoms with E-state index in [0.717, 1.165) is 54.0 Å². The molecule has 8 rings (SSSR count). The van der Waals surface area contributed by atoms with Crippen LogP contribution < -0.4 is 10.6 Å². The molecule has 2 amide bonds. The summed E-state index contributed by atoms with van der Waals surface area (Å²) in [5, 5.41) is 8.84. The average molecular weight is 621 g/mol. The number of hydrogen-bond acceptors (Lipinski definition) is 4. The maximum Gasteiger partial charge on any atom is 0.481 e. The maximum absolute atomic E-state index is 14.4. The number of carbonyl (C=O) groups excluding carboxylic acids is 2. The van der Waals surface area contributed by atoms with E-state index in [1.54, 1.807) is 0 Å². The molecular weight excluding hydrogens is 571 g/mol. The Kier molecular flexibility index (Phi) is 8.30. The molecule has 7 heteroatoms. The molecule has 7 atom stereocenters. The van der Waals surface area contributed by atoms with Crippen molar-refractivity contribution >= 4 is 29.7 Å². The molecular formula is C39H49BN2O4. The Hall–Kier alpha value is -3.16. The van der Waals surface area contributed by atoms with Crippen LogP contribution in [0.1, 0.15) is 89.3 Å². The average Bonchev–Trinajstić information content (AvgIpc) is 3.41. The second-order valence-corrected chi connectivity index (χ2v) is 15.7. The molecule has 1 unspecified atom stereocenters. The number of aryl methyl sites for hydroxylation is 1. The van der Waals surface area contributed by atoms with E-state index in [9.17, 15) is 9.59 Å². The van der Waals surface area contributed by atoms with Gasteiger partial charge >= 0.3 is 7.12 Å². The van der Waals surface area contributed by atoms with Crippen molar-refractivity contribution in [2.45, 2.75) is 109 Å². The van der Waals surface area contributed by atoms with Gasteiger partial charge in [0.2, 0.25) is 11.8 Å². The highest BCUT2D eigenvalue weighted by Gasteiger charge is 2.68. The summed E-state index contributed by atoms with van der Waals surface area (Å²) in [5.74, 6) is 0.579. The summed E-state index contributed by atoms with van der Waals surface area (Å²) in [6, 6.07) is 22.0. The zero-order chi connectivity index (χ0) is 32.2. The minimum absolute atomic E-state index is 0.0420. The summed E-state index contributed by atoms with van der Waals surface area (Å²) in [4.78, 5) is 28.3. The normalized spacial score (nSPS) is 29.0. The lowest BCUT2D eigenvalue weighted by Crippen LogP contribution is -2.65. The third-order valence-corrected chi connectivity index (χ3v) is 11.9. The van der Waals surface area contributed by atoms with E-state index < -0.39 is 13.2 Å². The monoisotopic (exact) mass is 620 g/mol. The van der Waals surface area contributed by atoms with E-state index in [2.05, 4.69) is 87.7 Å².